The predicted molar refractivity (Wildman–Crippen MR) is 79.1 cm³/mol. The predicted octanol–water partition coefficient (Wildman–Crippen LogP) is 3.82. The molecule has 0 radical (unpaired) electrons. The number of fused-ring (bicyclic) bond motifs is 1. The molecule has 1 unspecified atom stereocenters. The van der Waals surface area contributed by atoms with E-state index in [-0.39, 0.29) is 17.0 Å². The molecule has 2 atom stereocenters. The molecule has 2 aliphatic rings. The first-order valence-electron chi connectivity index (χ1n) is 7.19. The second-order valence-electron chi connectivity index (χ2n) is 6.69. The number of aryl methyl sites for hydroxylation is 1. The Morgan fingerprint density at radius 3 is 2.60 bits per heavy atom. The van der Waals surface area contributed by atoms with Crippen molar-refractivity contribution in [3.05, 3.63) is 29.3 Å². The zero-order chi connectivity index (χ0) is 14.5. The summed E-state index contributed by atoms with van der Waals surface area (Å²) in [5.41, 5.74) is 1.48. The van der Waals surface area contributed by atoms with Crippen LogP contribution in [0.25, 0.3) is 6.08 Å². The zero-order valence-corrected chi connectivity index (χ0v) is 12.6. The van der Waals surface area contributed by atoms with Gasteiger partial charge in [0.1, 0.15) is 17.1 Å². The molecule has 3 nitrogen and oxygen atoms in total. The third-order valence-electron chi connectivity index (χ3n) is 4.28. The van der Waals surface area contributed by atoms with Gasteiger partial charge in [-0.1, -0.05) is 0 Å². The van der Waals surface area contributed by atoms with Crippen LogP contribution < -0.4 is 4.74 Å². The Kier molecular flexibility index (Phi) is 2.87. The van der Waals surface area contributed by atoms with Crippen LogP contribution in [0.15, 0.2) is 18.2 Å². The van der Waals surface area contributed by atoms with Gasteiger partial charge in [-0.05, 0) is 70.4 Å². The van der Waals surface area contributed by atoms with E-state index in [4.69, 9.17) is 9.47 Å². The number of aromatic hydroxyl groups is 1. The maximum absolute atomic E-state index is 9.95. The van der Waals surface area contributed by atoms with E-state index in [0.717, 1.165) is 29.7 Å². The van der Waals surface area contributed by atoms with E-state index in [1.54, 1.807) is 6.07 Å². The van der Waals surface area contributed by atoms with Gasteiger partial charge in [0.25, 0.3) is 0 Å². The molecule has 2 aliphatic heterocycles. The molecule has 0 amide bonds. The molecule has 0 spiro atoms. The standard InChI is InChI=1S/C17H22O3/c1-11-9-13(18)12-5-7-17(4,19-14(12)10-11)8-6-15-16(2,3)20-15/h5,7,9-10,15,18H,6,8H2,1-4H3/t15?,17-/m1/s1. The summed E-state index contributed by atoms with van der Waals surface area (Å²) in [5.74, 6) is 1.05. The van der Waals surface area contributed by atoms with Gasteiger partial charge >= 0.3 is 0 Å². The zero-order valence-electron chi connectivity index (χ0n) is 12.6. The van der Waals surface area contributed by atoms with Gasteiger partial charge in [-0.3, -0.25) is 0 Å². The van der Waals surface area contributed by atoms with Crippen molar-refractivity contribution >= 4 is 6.08 Å². The fourth-order valence-electron chi connectivity index (χ4n) is 2.83. The summed E-state index contributed by atoms with van der Waals surface area (Å²) < 4.78 is 11.8. The average molecular weight is 274 g/mol. The minimum absolute atomic E-state index is 0.0293. The quantitative estimate of drug-likeness (QED) is 0.852. The number of phenolic OH excluding ortho intramolecular Hbond substituents is 1. The van der Waals surface area contributed by atoms with Crippen LogP contribution in [0, 0.1) is 6.92 Å². The Labute approximate surface area is 120 Å². The molecule has 1 aromatic rings. The molecular formula is C17H22O3. The molecule has 20 heavy (non-hydrogen) atoms. The fourth-order valence-corrected chi connectivity index (χ4v) is 2.83. The van der Waals surface area contributed by atoms with Gasteiger partial charge in [-0.2, -0.15) is 0 Å². The molecule has 1 fully saturated rings. The van der Waals surface area contributed by atoms with E-state index >= 15 is 0 Å². The molecular weight excluding hydrogens is 252 g/mol. The minimum Gasteiger partial charge on any atom is -0.507 e. The average Bonchev–Trinajstić information content (AvgIpc) is 2.94. The number of hydrogen-bond acceptors (Lipinski definition) is 3. The highest BCUT2D eigenvalue weighted by Gasteiger charge is 2.48. The Morgan fingerprint density at radius 1 is 1.25 bits per heavy atom. The van der Waals surface area contributed by atoms with Crippen molar-refractivity contribution in [2.45, 2.75) is 57.8 Å². The van der Waals surface area contributed by atoms with Gasteiger partial charge in [0, 0.05) is 0 Å². The Hall–Kier alpha value is -1.48. The number of phenols is 1. The van der Waals surface area contributed by atoms with E-state index in [1.165, 1.54) is 0 Å². The summed E-state index contributed by atoms with van der Waals surface area (Å²) in [6, 6.07) is 3.74. The largest absolute Gasteiger partial charge is 0.507 e. The summed E-state index contributed by atoms with van der Waals surface area (Å²) in [4.78, 5) is 0. The lowest BCUT2D eigenvalue weighted by atomic mass is 9.92. The van der Waals surface area contributed by atoms with Crippen molar-refractivity contribution in [1.82, 2.24) is 0 Å². The van der Waals surface area contributed by atoms with Crippen LogP contribution in [0.2, 0.25) is 0 Å². The van der Waals surface area contributed by atoms with Crippen LogP contribution in [0.1, 0.15) is 44.7 Å². The maximum atomic E-state index is 9.95. The second kappa shape index (κ2) is 4.26. The van der Waals surface area contributed by atoms with Crippen LogP contribution in [0.5, 0.6) is 11.5 Å². The fraction of sp³-hybridized carbons (Fsp3) is 0.529. The van der Waals surface area contributed by atoms with Crippen molar-refractivity contribution in [3.63, 3.8) is 0 Å². The van der Waals surface area contributed by atoms with Gasteiger partial charge in [0.05, 0.1) is 17.3 Å². The van der Waals surface area contributed by atoms with Gasteiger partial charge in [-0.15, -0.1) is 0 Å². The molecule has 0 aliphatic carbocycles. The smallest absolute Gasteiger partial charge is 0.131 e. The minimum atomic E-state index is -0.324. The van der Waals surface area contributed by atoms with Crippen molar-refractivity contribution < 1.29 is 14.6 Å². The summed E-state index contributed by atoms with van der Waals surface area (Å²) in [6.07, 6.45) is 6.24. The summed E-state index contributed by atoms with van der Waals surface area (Å²) in [5, 5.41) is 9.95. The molecule has 3 heteroatoms. The lowest BCUT2D eigenvalue weighted by Crippen LogP contribution is -2.32. The highest BCUT2D eigenvalue weighted by Crippen LogP contribution is 2.43. The number of epoxide rings is 1. The van der Waals surface area contributed by atoms with E-state index < -0.39 is 0 Å². The van der Waals surface area contributed by atoms with Crippen molar-refractivity contribution in [2.24, 2.45) is 0 Å². The lowest BCUT2D eigenvalue weighted by Gasteiger charge is -2.32. The van der Waals surface area contributed by atoms with Crippen molar-refractivity contribution in [3.8, 4) is 11.5 Å². The Morgan fingerprint density at radius 2 is 1.95 bits per heavy atom. The van der Waals surface area contributed by atoms with E-state index in [0.29, 0.717) is 6.10 Å². The SMILES string of the molecule is Cc1cc(O)c2c(c1)O[C@@](C)(CCC1OC1(C)C)C=C2. The summed E-state index contributed by atoms with van der Waals surface area (Å²) in [7, 11) is 0. The monoisotopic (exact) mass is 274 g/mol. The molecule has 0 aromatic heterocycles. The molecule has 0 saturated carbocycles. The third kappa shape index (κ3) is 2.42. The molecule has 108 valence electrons. The first-order valence-corrected chi connectivity index (χ1v) is 7.19. The van der Waals surface area contributed by atoms with Crippen LogP contribution >= 0.6 is 0 Å². The highest BCUT2D eigenvalue weighted by molar-refractivity contribution is 5.67. The highest BCUT2D eigenvalue weighted by atomic mass is 16.6. The normalized spacial score (nSPS) is 29.7. The van der Waals surface area contributed by atoms with E-state index in [2.05, 4.69) is 20.8 Å². The number of rotatable bonds is 3. The van der Waals surface area contributed by atoms with Gasteiger partial charge in [-0.25, -0.2) is 0 Å². The van der Waals surface area contributed by atoms with Crippen molar-refractivity contribution in [2.75, 3.05) is 0 Å². The summed E-state index contributed by atoms with van der Waals surface area (Å²) >= 11 is 0. The van der Waals surface area contributed by atoms with E-state index in [1.807, 2.05) is 25.1 Å². The topological polar surface area (TPSA) is 42.0 Å². The van der Waals surface area contributed by atoms with Crippen LogP contribution in [-0.2, 0) is 4.74 Å². The number of hydrogen-bond donors (Lipinski definition) is 1. The first kappa shape index (κ1) is 13.5. The van der Waals surface area contributed by atoms with Gasteiger partial charge in [0.15, 0.2) is 0 Å². The first-order chi connectivity index (χ1) is 9.29. The lowest BCUT2D eigenvalue weighted by molar-refractivity contribution is 0.121. The molecule has 1 N–H and O–H groups in total. The Bertz CT molecular complexity index is 574. The van der Waals surface area contributed by atoms with E-state index in [9.17, 15) is 5.11 Å². The molecule has 0 bridgehead atoms. The van der Waals surface area contributed by atoms with Crippen LogP contribution in [-0.4, -0.2) is 22.4 Å². The Balaban J connectivity index is 1.74. The number of benzene rings is 1. The molecule has 2 heterocycles. The maximum Gasteiger partial charge on any atom is 0.131 e. The molecule has 3 rings (SSSR count). The summed E-state index contributed by atoms with van der Waals surface area (Å²) in [6.45, 7) is 8.28. The molecule has 1 aromatic carbocycles. The number of ether oxygens (including phenoxy) is 2. The van der Waals surface area contributed by atoms with Crippen molar-refractivity contribution in [1.29, 1.82) is 0 Å². The van der Waals surface area contributed by atoms with Gasteiger partial charge in [0.2, 0.25) is 0 Å². The van der Waals surface area contributed by atoms with Crippen LogP contribution in [0.3, 0.4) is 0 Å². The second-order valence-corrected chi connectivity index (χ2v) is 6.69. The van der Waals surface area contributed by atoms with Gasteiger partial charge < -0.3 is 14.6 Å². The van der Waals surface area contributed by atoms with Crippen LogP contribution in [0.4, 0.5) is 0 Å². The molecule has 1 saturated heterocycles. The third-order valence-corrected chi connectivity index (χ3v) is 4.28.